The molecule has 0 aliphatic rings. The first-order valence-corrected chi connectivity index (χ1v) is 25.6. The summed E-state index contributed by atoms with van der Waals surface area (Å²) in [6.07, 6.45) is -0.0789. The summed E-state index contributed by atoms with van der Waals surface area (Å²) in [6.45, 7) is 21.6. The molecular formula is C25H55N3O7Si4. The fourth-order valence-electron chi connectivity index (χ4n) is 4.10. The van der Waals surface area contributed by atoms with Crippen LogP contribution in [-0.2, 0) is 32.9 Å². The molecule has 14 heteroatoms. The Bertz CT molecular complexity index is 814. The minimum Gasteiger partial charge on any atom is -0.436 e. The minimum absolute atomic E-state index is 0.0603. The Morgan fingerprint density at radius 1 is 0.795 bits per heavy atom. The van der Waals surface area contributed by atoms with Crippen molar-refractivity contribution in [2.24, 2.45) is 0 Å². The molecule has 4 atom stereocenters. The molecule has 0 aromatic heterocycles. The lowest BCUT2D eigenvalue weighted by molar-refractivity contribution is -0.314. The van der Waals surface area contributed by atoms with E-state index in [0.717, 1.165) is 11.7 Å². The maximum atomic E-state index is 10.1. The molecule has 0 radical (unpaired) electrons. The van der Waals surface area contributed by atoms with E-state index in [1.807, 2.05) is 19.1 Å². The highest BCUT2D eigenvalue weighted by molar-refractivity contribution is 6.89. The lowest BCUT2D eigenvalue weighted by atomic mass is 10.2. The Balaban J connectivity index is 2.70. The number of nitrogens with one attached hydrogen (secondary N) is 2. The molecular weight excluding hydrogens is 567 g/mol. The van der Waals surface area contributed by atoms with Crippen molar-refractivity contribution in [1.82, 2.24) is 10.6 Å². The SMILES string of the molecule is COC(C)COOCC(O)CNCCNC[Si](C)(O[Si](C)(C)C)O[Si](C)(Cc1ccc(N)cc1)O[Si](C)(C)C. The van der Waals surface area contributed by atoms with E-state index in [2.05, 4.69) is 75.1 Å². The standard InChI is InChI=1S/C25H55N3O7Si4/c1-22(30-2)18-31-32-19-25(29)17-27-15-16-28-21-39(10,34-37(6,7)8)35-38(9,33-36(3,4)5)20-23-11-13-24(26)14-12-23/h11-14,22,25,27-29H,15-21,26H2,1-10H3. The van der Waals surface area contributed by atoms with Gasteiger partial charge in [0.25, 0.3) is 0 Å². The second kappa shape index (κ2) is 16.8. The predicted octanol–water partition coefficient (Wildman–Crippen LogP) is 3.28. The van der Waals surface area contributed by atoms with Crippen LogP contribution in [0.1, 0.15) is 12.5 Å². The van der Waals surface area contributed by atoms with Gasteiger partial charge in [-0.3, -0.25) is 0 Å². The van der Waals surface area contributed by atoms with E-state index in [1.54, 1.807) is 7.11 Å². The van der Waals surface area contributed by atoms with Crippen molar-refractivity contribution < 1.29 is 32.0 Å². The quantitative estimate of drug-likeness (QED) is 0.0534. The van der Waals surface area contributed by atoms with Crippen LogP contribution in [0.4, 0.5) is 5.69 Å². The van der Waals surface area contributed by atoms with E-state index < -0.39 is 39.9 Å². The fourth-order valence-corrected chi connectivity index (χ4v) is 22.0. The first kappa shape index (κ1) is 36.6. The monoisotopic (exact) mass is 621 g/mol. The van der Waals surface area contributed by atoms with Crippen molar-refractivity contribution in [3.63, 3.8) is 0 Å². The van der Waals surface area contributed by atoms with Crippen LogP contribution < -0.4 is 16.4 Å². The molecule has 0 amide bonds. The highest BCUT2D eigenvalue weighted by Gasteiger charge is 2.47. The highest BCUT2D eigenvalue weighted by Crippen LogP contribution is 2.27. The summed E-state index contributed by atoms with van der Waals surface area (Å²) < 4.78 is 25.7. The number of aliphatic hydroxyl groups is 1. The maximum absolute atomic E-state index is 10.1. The second-order valence-electron chi connectivity index (χ2n) is 12.4. The number of hydrogen-bond acceptors (Lipinski definition) is 10. The predicted molar refractivity (Wildman–Crippen MR) is 168 cm³/mol. The van der Waals surface area contributed by atoms with E-state index in [4.69, 9.17) is 32.6 Å². The molecule has 39 heavy (non-hydrogen) atoms. The molecule has 10 nitrogen and oxygen atoms in total. The van der Waals surface area contributed by atoms with Gasteiger partial charge >= 0.3 is 17.1 Å². The smallest absolute Gasteiger partial charge is 0.330 e. The van der Waals surface area contributed by atoms with Crippen molar-refractivity contribution in [3.8, 4) is 0 Å². The summed E-state index contributed by atoms with van der Waals surface area (Å²) >= 11 is 0. The lowest BCUT2D eigenvalue weighted by Crippen LogP contribution is -2.63. The normalized spacial score (nSPS) is 17.4. The van der Waals surface area contributed by atoms with Gasteiger partial charge in [-0.25, -0.2) is 9.78 Å². The van der Waals surface area contributed by atoms with Crippen LogP contribution in [0.2, 0.25) is 52.4 Å². The van der Waals surface area contributed by atoms with Crippen molar-refractivity contribution in [3.05, 3.63) is 29.8 Å². The fraction of sp³-hybridized carbons (Fsp3) is 0.760. The first-order valence-electron chi connectivity index (χ1n) is 13.8. The minimum atomic E-state index is -2.64. The summed E-state index contributed by atoms with van der Waals surface area (Å²) in [5.74, 6) is 0. The van der Waals surface area contributed by atoms with E-state index in [1.165, 1.54) is 5.56 Å². The molecule has 4 unspecified atom stereocenters. The Hall–Kier alpha value is -0.472. The van der Waals surface area contributed by atoms with Crippen molar-refractivity contribution >= 4 is 39.4 Å². The van der Waals surface area contributed by atoms with Crippen molar-refractivity contribution in [2.75, 3.05) is 51.9 Å². The number of hydrogen-bond donors (Lipinski definition) is 4. The molecule has 0 aliphatic carbocycles. The van der Waals surface area contributed by atoms with Gasteiger partial charge in [-0.2, -0.15) is 0 Å². The number of anilines is 1. The molecule has 1 rings (SSSR count). The lowest BCUT2D eigenvalue weighted by Gasteiger charge is -2.43. The van der Waals surface area contributed by atoms with Crippen LogP contribution in [0.15, 0.2) is 24.3 Å². The Morgan fingerprint density at radius 2 is 1.33 bits per heavy atom. The van der Waals surface area contributed by atoms with Crippen molar-refractivity contribution in [2.45, 2.75) is 77.6 Å². The largest absolute Gasteiger partial charge is 0.436 e. The van der Waals surface area contributed by atoms with Gasteiger partial charge in [0.05, 0.1) is 12.2 Å². The van der Waals surface area contributed by atoms with Gasteiger partial charge in [0.1, 0.15) is 13.2 Å². The third-order valence-electron chi connectivity index (χ3n) is 5.33. The Labute approximate surface area is 240 Å². The molecule has 0 fully saturated rings. The second-order valence-corrected chi connectivity index (χ2v) is 28.5. The molecule has 228 valence electrons. The van der Waals surface area contributed by atoms with E-state index in [-0.39, 0.29) is 12.7 Å². The van der Waals surface area contributed by atoms with E-state index in [9.17, 15) is 5.11 Å². The van der Waals surface area contributed by atoms with E-state index >= 15 is 0 Å². The third-order valence-corrected chi connectivity index (χ3v) is 19.1. The van der Waals surface area contributed by atoms with Gasteiger partial charge in [0.15, 0.2) is 16.6 Å². The van der Waals surface area contributed by atoms with Gasteiger partial charge in [-0.15, -0.1) is 0 Å². The summed E-state index contributed by atoms with van der Waals surface area (Å²) in [7, 11) is -7.44. The number of aliphatic hydroxyl groups excluding tert-OH is 1. The number of rotatable bonds is 21. The van der Waals surface area contributed by atoms with Gasteiger partial charge < -0.3 is 38.6 Å². The van der Waals surface area contributed by atoms with Crippen LogP contribution in [-0.4, -0.2) is 97.2 Å². The summed E-state index contributed by atoms with van der Waals surface area (Å²) in [5, 5.41) is 16.9. The van der Waals surface area contributed by atoms with Crippen LogP contribution >= 0.6 is 0 Å². The van der Waals surface area contributed by atoms with Gasteiger partial charge in [-0.05, 0) is 77.0 Å². The number of methoxy groups -OCH3 is 1. The van der Waals surface area contributed by atoms with Crippen LogP contribution in [0.5, 0.6) is 0 Å². The molecule has 0 saturated heterocycles. The summed E-state index contributed by atoms with van der Waals surface area (Å²) in [6, 6.07) is 8.72. The topological polar surface area (TPSA) is 126 Å². The van der Waals surface area contributed by atoms with Gasteiger partial charge in [0, 0.05) is 44.6 Å². The first-order chi connectivity index (χ1) is 17.9. The Morgan fingerprint density at radius 3 is 1.90 bits per heavy atom. The molecule has 0 saturated carbocycles. The zero-order valence-electron chi connectivity index (χ0n) is 25.9. The van der Waals surface area contributed by atoms with Crippen LogP contribution in [0.3, 0.4) is 0 Å². The molecule has 0 bridgehead atoms. The maximum Gasteiger partial charge on any atom is 0.330 e. The number of ether oxygens (including phenoxy) is 1. The Kier molecular flexibility index (Phi) is 15.8. The number of nitrogen functional groups attached to an aromatic ring is 1. The molecule has 0 spiro atoms. The zero-order chi connectivity index (χ0) is 29.7. The number of benzene rings is 1. The molecule has 0 heterocycles. The highest BCUT2D eigenvalue weighted by atomic mass is 28.5. The van der Waals surface area contributed by atoms with Crippen LogP contribution in [0.25, 0.3) is 0 Å². The summed E-state index contributed by atoms with van der Waals surface area (Å²) in [4.78, 5) is 10.1. The van der Waals surface area contributed by atoms with Crippen molar-refractivity contribution in [1.29, 1.82) is 0 Å². The summed E-state index contributed by atoms with van der Waals surface area (Å²) in [5.41, 5.74) is 7.83. The van der Waals surface area contributed by atoms with Gasteiger partial charge in [-0.1, -0.05) is 12.1 Å². The molecule has 5 N–H and O–H groups in total. The number of nitrogens with two attached hydrogens (primary N) is 1. The average Bonchev–Trinajstić information content (AvgIpc) is 2.77. The van der Waals surface area contributed by atoms with Crippen LogP contribution in [0, 0.1) is 0 Å². The molecule has 1 aromatic carbocycles. The molecule has 0 aliphatic heterocycles. The molecule has 1 aromatic rings. The van der Waals surface area contributed by atoms with E-state index in [0.29, 0.717) is 32.4 Å². The average molecular weight is 622 g/mol. The third kappa shape index (κ3) is 17.8. The van der Waals surface area contributed by atoms with Gasteiger partial charge in [0.2, 0.25) is 0 Å². The zero-order valence-corrected chi connectivity index (χ0v) is 29.9.